The highest BCUT2D eigenvalue weighted by Crippen LogP contribution is 2.18. The van der Waals surface area contributed by atoms with Gasteiger partial charge in [-0.25, -0.2) is 4.68 Å². The van der Waals surface area contributed by atoms with Crippen molar-refractivity contribution in [3.05, 3.63) is 50.9 Å². The van der Waals surface area contributed by atoms with E-state index in [2.05, 4.69) is 31.7 Å². The van der Waals surface area contributed by atoms with Gasteiger partial charge < -0.3 is 10.6 Å². The number of aromatic nitrogens is 2. The molecule has 1 aromatic heterocycles. The Morgan fingerprint density at radius 3 is 2.83 bits per heavy atom. The number of benzene rings is 1. The molecule has 1 heterocycles. The zero-order valence-corrected chi connectivity index (χ0v) is 15.6. The van der Waals surface area contributed by atoms with Crippen molar-refractivity contribution < 1.29 is 4.79 Å². The maximum Gasteiger partial charge on any atom is 0.282 e. The number of hydrogen-bond acceptors (Lipinski definition) is 4. The van der Waals surface area contributed by atoms with Crippen molar-refractivity contribution >= 4 is 33.2 Å². The molecule has 2 N–H and O–H groups in total. The molecule has 6 nitrogen and oxygen atoms in total. The first-order chi connectivity index (χ1) is 11.4. The fourth-order valence-corrected chi connectivity index (χ4v) is 2.67. The van der Waals surface area contributed by atoms with Crippen molar-refractivity contribution in [2.24, 2.45) is 13.0 Å². The van der Waals surface area contributed by atoms with Crippen molar-refractivity contribution in [1.29, 1.82) is 0 Å². The molecule has 0 saturated carbocycles. The first-order valence-electron chi connectivity index (χ1n) is 7.71. The lowest BCUT2D eigenvalue weighted by molar-refractivity contribution is -0.116. The second-order valence-corrected chi connectivity index (χ2v) is 6.79. The van der Waals surface area contributed by atoms with Crippen molar-refractivity contribution in [1.82, 2.24) is 9.78 Å². The zero-order chi connectivity index (χ0) is 17.7. The van der Waals surface area contributed by atoms with Gasteiger partial charge in [-0.1, -0.05) is 26.0 Å². The third kappa shape index (κ3) is 4.92. The van der Waals surface area contributed by atoms with Crippen LogP contribution >= 0.6 is 15.9 Å². The Labute approximate surface area is 149 Å². The Balaban J connectivity index is 2.04. The average Bonchev–Trinajstić information content (AvgIpc) is 2.51. The summed E-state index contributed by atoms with van der Waals surface area (Å²) in [4.78, 5) is 23.7. The topological polar surface area (TPSA) is 76.0 Å². The van der Waals surface area contributed by atoms with Crippen LogP contribution in [0.15, 0.2) is 39.7 Å². The molecule has 0 aliphatic heterocycles. The lowest BCUT2D eigenvalue weighted by Gasteiger charge is -2.11. The van der Waals surface area contributed by atoms with E-state index in [1.165, 1.54) is 4.68 Å². The molecule has 2 aromatic rings. The van der Waals surface area contributed by atoms with Crippen LogP contribution in [0.3, 0.4) is 0 Å². The van der Waals surface area contributed by atoms with Crippen molar-refractivity contribution in [3.8, 4) is 0 Å². The molecule has 2 rings (SSSR count). The van der Waals surface area contributed by atoms with Crippen LogP contribution in [-0.4, -0.2) is 15.7 Å². The molecule has 0 saturated heterocycles. The van der Waals surface area contributed by atoms with E-state index in [4.69, 9.17) is 0 Å². The predicted octanol–water partition coefficient (Wildman–Crippen LogP) is 3.14. The van der Waals surface area contributed by atoms with Gasteiger partial charge in [0.2, 0.25) is 5.91 Å². The highest BCUT2D eigenvalue weighted by molar-refractivity contribution is 9.10. The number of amides is 1. The van der Waals surface area contributed by atoms with Crippen LogP contribution in [0.5, 0.6) is 0 Å². The summed E-state index contributed by atoms with van der Waals surface area (Å²) in [5.41, 5.74) is 2.19. The lowest BCUT2D eigenvalue weighted by Crippen LogP contribution is -2.21. The monoisotopic (exact) mass is 392 g/mol. The molecule has 0 bridgehead atoms. The molecule has 0 aliphatic rings. The normalized spacial score (nSPS) is 10.7. The van der Waals surface area contributed by atoms with E-state index < -0.39 is 0 Å². The number of halogens is 1. The van der Waals surface area contributed by atoms with Crippen LogP contribution in [0.25, 0.3) is 0 Å². The van der Waals surface area contributed by atoms with Gasteiger partial charge in [-0.05, 0) is 39.5 Å². The summed E-state index contributed by atoms with van der Waals surface area (Å²) in [5, 5.41) is 10.1. The highest BCUT2D eigenvalue weighted by Gasteiger charge is 2.08. The van der Waals surface area contributed by atoms with E-state index in [0.29, 0.717) is 29.0 Å². The molecule has 24 heavy (non-hydrogen) atoms. The number of carbonyl (C=O) groups excluding carboxylic acids is 1. The van der Waals surface area contributed by atoms with E-state index in [1.807, 2.05) is 38.1 Å². The standard InChI is InChI=1S/C17H21BrN4O2/c1-11(2)7-15(23)21-13-6-4-5-12(8-13)9-19-14-10-20-22(3)17(24)16(14)18/h4-6,8,10-11,19H,7,9H2,1-3H3,(H,21,23). The van der Waals surface area contributed by atoms with Gasteiger partial charge in [0.15, 0.2) is 0 Å². The Morgan fingerprint density at radius 2 is 2.12 bits per heavy atom. The maximum atomic E-state index is 11.8. The van der Waals surface area contributed by atoms with Crippen LogP contribution in [0.2, 0.25) is 0 Å². The van der Waals surface area contributed by atoms with Gasteiger partial charge in [0.1, 0.15) is 4.47 Å². The van der Waals surface area contributed by atoms with Gasteiger partial charge >= 0.3 is 0 Å². The second kappa shape index (κ2) is 8.10. The summed E-state index contributed by atoms with van der Waals surface area (Å²) >= 11 is 3.28. The Bertz CT molecular complexity index is 786. The third-order valence-electron chi connectivity index (χ3n) is 3.37. The van der Waals surface area contributed by atoms with Gasteiger partial charge in [-0.2, -0.15) is 5.10 Å². The summed E-state index contributed by atoms with van der Waals surface area (Å²) in [6, 6.07) is 7.61. The number of anilines is 2. The van der Waals surface area contributed by atoms with Gasteiger partial charge in [0.25, 0.3) is 5.56 Å². The number of rotatable bonds is 6. The van der Waals surface area contributed by atoms with Gasteiger partial charge in [-0.3, -0.25) is 9.59 Å². The molecule has 1 amide bonds. The minimum absolute atomic E-state index is 0.00797. The van der Waals surface area contributed by atoms with Gasteiger partial charge in [-0.15, -0.1) is 0 Å². The molecule has 0 spiro atoms. The largest absolute Gasteiger partial charge is 0.379 e. The minimum atomic E-state index is -0.199. The molecular weight excluding hydrogens is 372 g/mol. The molecule has 0 unspecified atom stereocenters. The Hall–Kier alpha value is -2.15. The van der Waals surface area contributed by atoms with Crippen LogP contribution < -0.4 is 16.2 Å². The minimum Gasteiger partial charge on any atom is -0.379 e. The number of aryl methyl sites for hydroxylation is 1. The summed E-state index contributed by atoms with van der Waals surface area (Å²) in [5.74, 6) is 0.328. The Morgan fingerprint density at radius 1 is 1.38 bits per heavy atom. The Kier molecular flexibility index (Phi) is 6.14. The van der Waals surface area contributed by atoms with Gasteiger partial charge in [0, 0.05) is 25.7 Å². The molecule has 1 aromatic carbocycles. The quantitative estimate of drug-likeness (QED) is 0.791. The SMILES string of the molecule is CC(C)CC(=O)Nc1cccc(CNc2cnn(C)c(=O)c2Br)c1. The summed E-state index contributed by atoms with van der Waals surface area (Å²) in [6.07, 6.45) is 2.09. The fourth-order valence-electron chi connectivity index (χ4n) is 2.17. The van der Waals surface area contributed by atoms with E-state index in [1.54, 1.807) is 13.2 Å². The first kappa shape index (κ1) is 18.2. The van der Waals surface area contributed by atoms with Crippen LogP contribution in [0.1, 0.15) is 25.8 Å². The number of nitrogens with zero attached hydrogens (tertiary/aromatic N) is 2. The molecule has 0 fully saturated rings. The van der Waals surface area contributed by atoms with Crippen LogP contribution in [0, 0.1) is 5.92 Å². The number of hydrogen-bond donors (Lipinski definition) is 2. The number of nitrogens with one attached hydrogen (secondary N) is 2. The van der Waals surface area contributed by atoms with E-state index in [-0.39, 0.29) is 11.5 Å². The van der Waals surface area contributed by atoms with E-state index >= 15 is 0 Å². The molecular formula is C17H21BrN4O2. The molecule has 7 heteroatoms. The lowest BCUT2D eigenvalue weighted by atomic mass is 10.1. The van der Waals surface area contributed by atoms with E-state index in [9.17, 15) is 9.59 Å². The highest BCUT2D eigenvalue weighted by atomic mass is 79.9. The summed E-state index contributed by atoms with van der Waals surface area (Å²) < 4.78 is 1.71. The molecule has 0 aliphatic carbocycles. The van der Waals surface area contributed by atoms with Crippen molar-refractivity contribution in [2.45, 2.75) is 26.8 Å². The maximum absolute atomic E-state index is 11.8. The summed E-state index contributed by atoms with van der Waals surface area (Å²) in [7, 11) is 1.60. The predicted molar refractivity (Wildman–Crippen MR) is 99.0 cm³/mol. The van der Waals surface area contributed by atoms with Crippen LogP contribution in [-0.2, 0) is 18.4 Å². The summed E-state index contributed by atoms with van der Waals surface area (Å²) in [6.45, 7) is 4.53. The average molecular weight is 393 g/mol. The van der Waals surface area contributed by atoms with E-state index in [0.717, 1.165) is 11.3 Å². The van der Waals surface area contributed by atoms with Crippen molar-refractivity contribution in [3.63, 3.8) is 0 Å². The van der Waals surface area contributed by atoms with Gasteiger partial charge in [0.05, 0.1) is 11.9 Å². The van der Waals surface area contributed by atoms with Crippen molar-refractivity contribution in [2.75, 3.05) is 10.6 Å². The zero-order valence-electron chi connectivity index (χ0n) is 14.0. The second-order valence-electron chi connectivity index (χ2n) is 6.00. The fraction of sp³-hybridized carbons (Fsp3) is 0.353. The smallest absolute Gasteiger partial charge is 0.282 e. The number of carbonyl (C=O) groups is 1. The first-order valence-corrected chi connectivity index (χ1v) is 8.50. The third-order valence-corrected chi connectivity index (χ3v) is 4.13. The van der Waals surface area contributed by atoms with Crippen LogP contribution in [0.4, 0.5) is 11.4 Å². The molecule has 128 valence electrons. The molecule has 0 radical (unpaired) electrons. The molecule has 0 atom stereocenters.